The molecule has 1 aromatic heterocycles. The van der Waals surface area contributed by atoms with E-state index in [1.54, 1.807) is 6.07 Å². The van der Waals surface area contributed by atoms with E-state index in [1.807, 2.05) is 58.0 Å². The molecule has 0 bridgehead atoms. The summed E-state index contributed by atoms with van der Waals surface area (Å²) >= 11 is 0. The highest BCUT2D eigenvalue weighted by Gasteiger charge is 2.55. The number of aromatic nitrogens is 2. The van der Waals surface area contributed by atoms with E-state index in [1.165, 1.54) is 15.5 Å². The fraction of sp³-hybridized carbons (Fsp3) is 0.304. The minimum atomic E-state index is -0.869. The Morgan fingerprint density at radius 3 is 2.34 bits per heavy atom. The Balaban J connectivity index is 1.37. The van der Waals surface area contributed by atoms with Gasteiger partial charge in [0.2, 0.25) is 11.7 Å². The van der Waals surface area contributed by atoms with Crippen LogP contribution in [-0.2, 0) is 16.1 Å². The smallest absolute Gasteiger partial charge is 0.263 e. The van der Waals surface area contributed by atoms with Crippen LogP contribution in [0.25, 0.3) is 11.4 Å². The zero-order chi connectivity index (χ0) is 22.6. The Labute approximate surface area is 184 Å². The van der Waals surface area contributed by atoms with Crippen molar-refractivity contribution in [3.8, 4) is 11.4 Å². The van der Waals surface area contributed by atoms with Crippen LogP contribution in [0.5, 0.6) is 0 Å². The van der Waals surface area contributed by atoms with Gasteiger partial charge in [0.05, 0.1) is 5.69 Å². The Bertz CT molecular complexity index is 1280. The van der Waals surface area contributed by atoms with Crippen LogP contribution in [0.2, 0.25) is 0 Å². The van der Waals surface area contributed by atoms with E-state index in [4.69, 9.17) is 4.52 Å². The predicted octanol–water partition coefficient (Wildman–Crippen LogP) is 3.46. The molecule has 0 saturated carbocycles. The number of fused-ring (bicyclic) bond motifs is 1. The maximum absolute atomic E-state index is 13.2. The second-order valence-electron chi connectivity index (χ2n) is 8.28. The molecule has 162 valence electrons. The Hall–Kier alpha value is -3.88. The van der Waals surface area contributed by atoms with Crippen molar-refractivity contribution in [3.63, 3.8) is 0 Å². The first-order chi connectivity index (χ1) is 15.3. The maximum Gasteiger partial charge on any atom is 0.263 e. The number of amides is 2. The SMILES string of the molecule is Cc1ccc(-c2noc(CN3N=NC4C(=O)N(c5ccc(C)c(C)c5)C(=O)C43)n2)cc1C. The topological polar surface area (TPSA) is 104 Å². The van der Waals surface area contributed by atoms with Crippen LogP contribution in [0.4, 0.5) is 5.69 Å². The summed E-state index contributed by atoms with van der Waals surface area (Å²) in [6.07, 6.45) is 0. The summed E-state index contributed by atoms with van der Waals surface area (Å²) in [5, 5.41) is 13.6. The molecule has 2 amide bonds. The van der Waals surface area contributed by atoms with Crippen molar-refractivity contribution in [3.05, 3.63) is 64.5 Å². The third-order valence-corrected chi connectivity index (χ3v) is 6.14. The molecule has 0 radical (unpaired) electrons. The summed E-state index contributed by atoms with van der Waals surface area (Å²) in [6.45, 7) is 8.07. The molecule has 0 N–H and O–H groups in total. The molecule has 2 aliphatic heterocycles. The van der Waals surface area contributed by atoms with E-state index >= 15 is 0 Å². The zero-order valence-corrected chi connectivity index (χ0v) is 18.2. The predicted molar refractivity (Wildman–Crippen MR) is 116 cm³/mol. The fourth-order valence-electron chi connectivity index (χ4n) is 3.93. The van der Waals surface area contributed by atoms with Gasteiger partial charge in [-0.25, -0.2) is 4.90 Å². The van der Waals surface area contributed by atoms with E-state index in [9.17, 15) is 9.59 Å². The molecule has 2 atom stereocenters. The number of hydrogen-bond donors (Lipinski definition) is 0. The first-order valence-electron chi connectivity index (χ1n) is 10.4. The zero-order valence-electron chi connectivity index (χ0n) is 18.2. The van der Waals surface area contributed by atoms with Crippen LogP contribution in [0.15, 0.2) is 51.3 Å². The van der Waals surface area contributed by atoms with Gasteiger partial charge in [0.15, 0.2) is 12.1 Å². The lowest BCUT2D eigenvalue weighted by Crippen LogP contribution is -2.39. The molecule has 0 spiro atoms. The second-order valence-corrected chi connectivity index (χ2v) is 8.28. The Kier molecular flexibility index (Phi) is 4.61. The molecule has 9 nitrogen and oxygen atoms in total. The van der Waals surface area contributed by atoms with Gasteiger partial charge in [-0.1, -0.05) is 28.6 Å². The molecule has 9 heteroatoms. The highest BCUT2D eigenvalue weighted by molar-refractivity contribution is 6.25. The van der Waals surface area contributed by atoms with E-state index in [2.05, 4.69) is 20.5 Å². The molecule has 2 aliphatic rings. The van der Waals surface area contributed by atoms with Crippen molar-refractivity contribution < 1.29 is 14.1 Å². The van der Waals surface area contributed by atoms with E-state index in [-0.39, 0.29) is 18.4 Å². The van der Waals surface area contributed by atoms with Gasteiger partial charge < -0.3 is 4.52 Å². The molecule has 3 heterocycles. The van der Waals surface area contributed by atoms with Gasteiger partial charge in [-0.2, -0.15) is 10.1 Å². The largest absolute Gasteiger partial charge is 0.337 e. The van der Waals surface area contributed by atoms with Crippen LogP contribution < -0.4 is 4.90 Å². The van der Waals surface area contributed by atoms with Crippen molar-refractivity contribution in [1.82, 2.24) is 15.1 Å². The third-order valence-electron chi connectivity index (χ3n) is 6.14. The number of carbonyl (C=O) groups is 2. The fourth-order valence-corrected chi connectivity index (χ4v) is 3.93. The van der Waals surface area contributed by atoms with Crippen LogP contribution in [0, 0.1) is 27.7 Å². The summed E-state index contributed by atoms with van der Waals surface area (Å²) in [5.74, 6) is 0.0158. The summed E-state index contributed by atoms with van der Waals surface area (Å²) in [5.41, 5.74) is 5.79. The van der Waals surface area contributed by atoms with Gasteiger partial charge >= 0.3 is 0 Å². The summed E-state index contributed by atoms with van der Waals surface area (Å²) in [7, 11) is 0. The number of nitrogens with zero attached hydrogens (tertiary/aromatic N) is 6. The number of hydrogen-bond acceptors (Lipinski definition) is 8. The molecule has 2 aromatic carbocycles. The van der Waals surface area contributed by atoms with Gasteiger partial charge in [-0.3, -0.25) is 14.6 Å². The van der Waals surface area contributed by atoms with Crippen molar-refractivity contribution in [2.45, 2.75) is 46.3 Å². The van der Waals surface area contributed by atoms with E-state index < -0.39 is 12.1 Å². The van der Waals surface area contributed by atoms with Gasteiger partial charge in [-0.05, 0) is 68.1 Å². The van der Waals surface area contributed by atoms with Crippen molar-refractivity contribution >= 4 is 17.5 Å². The minimum absolute atomic E-state index is 0.0856. The summed E-state index contributed by atoms with van der Waals surface area (Å²) in [6, 6.07) is 9.75. The van der Waals surface area contributed by atoms with Gasteiger partial charge in [0.1, 0.15) is 6.54 Å². The highest BCUT2D eigenvalue weighted by atomic mass is 16.5. The van der Waals surface area contributed by atoms with Crippen LogP contribution >= 0.6 is 0 Å². The summed E-state index contributed by atoms with van der Waals surface area (Å²) in [4.78, 5) is 31.7. The quantitative estimate of drug-likeness (QED) is 0.587. The Morgan fingerprint density at radius 2 is 1.62 bits per heavy atom. The third kappa shape index (κ3) is 3.17. The summed E-state index contributed by atoms with van der Waals surface area (Å²) < 4.78 is 5.39. The van der Waals surface area contributed by atoms with Crippen molar-refractivity contribution in [1.29, 1.82) is 0 Å². The molecule has 3 aromatic rings. The number of benzene rings is 2. The molecule has 32 heavy (non-hydrogen) atoms. The molecular weight excluding hydrogens is 408 g/mol. The average Bonchev–Trinajstić information content (AvgIpc) is 3.45. The van der Waals surface area contributed by atoms with E-state index in [0.717, 1.165) is 22.3 Å². The second kappa shape index (κ2) is 7.37. The monoisotopic (exact) mass is 430 g/mol. The normalized spacial score (nSPS) is 19.9. The van der Waals surface area contributed by atoms with Crippen molar-refractivity contribution in [2.24, 2.45) is 10.3 Å². The lowest BCUT2D eigenvalue weighted by atomic mass is 10.1. The van der Waals surface area contributed by atoms with E-state index in [0.29, 0.717) is 17.4 Å². The van der Waals surface area contributed by atoms with Crippen LogP contribution in [0.1, 0.15) is 28.1 Å². The maximum atomic E-state index is 13.2. The molecule has 5 rings (SSSR count). The first kappa shape index (κ1) is 20.0. The first-order valence-corrected chi connectivity index (χ1v) is 10.4. The standard InChI is InChI=1S/C23H22N6O3/c1-12-5-7-16(9-14(12)3)21-24-18(32-26-21)11-28-20-19(25-27-28)22(30)29(23(20)31)17-8-6-13(2)15(4)10-17/h5-10,19-20H,11H2,1-4H3. The highest BCUT2D eigenvalue weighted by Crippen LogP contribution is 2.33. The Morgan fingerprint density at radius 1 is 0.906 bits per heavy atom. The lowest BCUT2D eigenvalue weighted by molar-refractivity contribution is -0.123. The van der Waals surface area contributed by atoms with Crippen molar-refractivity contribution in [2.75, 3.05) is 4.90 Å². The van der Waals surface area contributed by atoms with Crippen LogP contribution in [-0.4, -0.2) is 39.0 Å². The number of aryl methyl sites for hydroxylation is 4. The number of carbonyl (C=O) groups excluding carboxylic acids is 2. The molecule has 1 saturated heterocycles. The molecule has 0 aliphatic carbocycles. The number of imide groups is 1. The van der Waals surface area contributed by atoms with Gasteiger partial charge in [0.25, 0.3) is 11.8 Å². The van der Waals surface area contributed by atoms with Gasteiger partial charge in [0, 0.05) is 5.56 Å². The number of anilines is 1. The molecule has 2 unspecified atom stereocenters. The minimum Gasteiger partial charge on any atom is -0.337 e. The lowest BCUT2D eigenvalue weighted by Gasteiger charge is -2.19. The number of rotatable bonds is 4. The van der Waals surface area contributed by atoms with Gasteiger partial charge in [-0.15, -0.1) is 0 Å². The molecule has 1 fully saturated rings. The average molecular weight is 430 g/mol. The molecular formula is C23H22N6O3. The van der Waals surface area contributed by atoms with Crippen LogP contribution in [0.3, 0.4) is 0 Å².